The molecule has 4 rings (SSSR count). The maximum atomic E-state index is 13.9. The molecule has 2 aromatic rings. The summed E-state index contributed by atoms with van der Waals surface area (Å²) in [7, 11) is -4.04. The van der Waals surface area contributed by atoms with E-state index in [0.717, 1.165) is 15.4 Å². The first-order chi connectivity index (χ1) is 15.2. The summed E-state index contributed by atoms with van der Waals surface area (Å²) in [4.78, 5) is 12.9. The Balaban J connectivity index is 1.54. The van der Waals surface area contributed by atoms with Crippen LogP contribution in [0.4, 0.5) is 4.39 Å². The van der Waals surface area contributed by atoms with Gasteiger partial charge >= 0.3 is 5.97 Å². The molecule has 2 atom stereocenters. The van der Waals surface area contributed by atoms with Crippen molar-refractivity contribution in [2.24, 2.45) is 0 Å². The van der Waals surface area contributed by atoms with Crippen molar-refractivity contribution in [1.82, 2.24) is 4.31 Å². The number of hydrogen-bond donors (Lipinski definition) is 1. The van der Waals surface area contributed by atoms with Gasteiger partial charge in [-0.3, -0.25) is 4.79 Å². The summed E-state index contributed by atoms with van der Waals surface area (Å²) >= 11 is 0. The molecule has 0 bridgehead atoms. The molecular weight excluding hydrogens is 441 g/mol. The van der Waals surface area contributed by atoms with Crippen LogP contribution in [0.3, 0.4) is 0 Å². The number of nitrogens with zero attached hydrogens (tertiary/aromatic N) is 1. The van der Waals surface area contributed by atoms with Crippen LogP contribution >= 0.6 is 0 Å². The number of fused-ring (bicyclic) bond motifs is 1. The van der Waals surface area contributed by atoms with Crippen molar-refractivity contribution in [1.29, 1.82) is 0 Å². The summed E-state index contributed by atoms with van der Waals surface area (Å²) in [6.07, 6.45) is -1.09. The Hall–Kier alpha value is -2.53. The lowest BCUT2D eigenvalue weighted by atomic mass is 10.1. The van der Waals surface area contributed by atoms with E-state index < -0.39 is 34.0 Å². The highest BCUT2D eigenvalue weighted by Gasteiger charge is 2.44. The fourth-order valence-corrected chi connectivity index (χ4v) is 5.59. The van der Waals surface area contributed by atoms with Gasteiger partial charge in [-0.25, -0.2) is 12.8 Å². The lowest BCUT2D eigenvalue weighted by molar-refractivity contribution is -0.149. The molecule has 0 aromatic heterocycles. The lowest BCUT2D eigenvalue weighted by Crippen LogP contribution is -2.41. The predicted octanol–water partition coefficient (Wildman–Crippen LogP) is 2.18. The Morgan fingerprint density at radius 2 is 2.03 bits per heavy atom. The molecule has 0 aliphatic carbocycles. The monoisotopic (exact) mass is 465 g/mol. The second-order valence-electron chi connectivity index (χ2n) is 8.00. The second-order valence-corrected chi connectivity index (χ2v) is 9.89. The fraction of sp³-hybridized carbons (Fsp3) is 0.409. The number of aliphatic hydroxyl groups excluding tert-OH is 1. The molecule has 0 amide bonds. The van der Waals surface area contributed by atoms with Crippen molar-refractivity contribution in [3.8, 4) is 5.75 Å². The van der Waals surface area contributed by atoms with Crippen molar-refractivity contribution in [2.75, 3.05) is 13.3 Å². The van der Waals surface area contributed by atoms with Gasteiger partial charge in [0.1, 0.15) is 24.2 Å². The van der Waals surface area contributed by atoms with Crippen LogP contribution in [0.5, 0.6) is 5.75 Å². The number of esters is 1. The fourth-order valence-electron chi connectivity index (χ4n) is 3.88. The molecule has 2 heterocycles. The summed E-state index contributed by atoms with van der Waals surface area (Å²) in [6.45, 7) is 3.31. The van der Waals surface area contributed by atoms with Gasteiger partial charge in [-0.1, -0.05) is 6.07 Å². The first-order valence-corrected chi connectivity index (χ1v) is 11.6. The van der Waals surface area contributed by atoms with Crippen LogP contribution in [-0.2, 0) is 37.5 Å². The number of ether oxygens (including phenoxy) is 3. The zero-order chi connectivity index (χ0) is 23.0. The molecule has 2 aliphatic rings. The molecule has 1 unspecified atom stereocenters. The molecule has 32 heavy (non-hydrogen) atoms. The van der Waals surface area contributed by atoms with Crippen LogP contribution in [0.25, 0.3) is 0 Å². The van der Waals surface area contributed by atoms with E-state index in [4.69, 9.17) is 14.2 Å². The maximum absolute atomic E-state index is 13.9. The van der Waals surface area contributed by atoms with Crippen molar-refractivity contribution in [2.45, 2.75) is 50.5 Å². The number of rotatable bonds is 5. The number of carbonyl (C=O) groups is 1. The number of carbonyl (C=O) groups excluding carboxylic acids is 1. The van der Waals surface area contributed by atoms with Gasteiger partial charge in [0.25, 0.3) is 0 Å². The van der Waals surface area contributed by atoms with Crippen LogP contribution < -0.4 is 4.74 Å². The maximum Gasteiger partial charge on any atom is 0.324 e. The topological polar surface area (TPSA) is 102 Å². The van der Waals surface area contributed by atoms with E-state index >= 15 is 0 Å². The van der Waals surface area contributed by atoms with Gasteiger partial charge in [0.15, 0.2) is 6.79 Å². The number of hydrogen-bond acceptors (Lipinski definition) is 7. The van der Waals surface area contributed by atoms with E-state index in [0.29, 0.717) is 16.9 Å². The van der Waals surface area contributed by atoms with Crippen LogP contribution in [0.1, 0.15) is 28.7 Å². The molecule has 1 N–H and O–H groups in total. The van der Waals surface area contributed by atoms with Crippen LogP contribution in [0.15, 0.2) is 35.2 Å². The lowest BCUT2D eigenvalue weighted by Gasteiger charge is -2.24. The van der Waals surface area contributed by atoms with Gasteiger partial charge in [-0.05, 0) is 49.2 Å². The Kier molecular flexibility index (Phi) is 6.22. The van der Waals surface area contributed by atoms with Gasteiger partial charge < -0.3 is 19.3 Å². The zero-order valence-electron chi connectivity index (χ0n) is 17.7. The van der Waals surface area contributed by atoms with E-state index in [-0.39, 0.29) is 37.9 Å². The number of sulfonamides is 1. The summed E-state index contributed by atoms with van der Waals surface area (Å²) in [5.74, 6) is -0.963. The Morgan fingerprint density at radius 1 is 1.25 bits per heavy atom. The molecule has 1 fully saturated rings. The van der Waals surface area contributed by atoms with Gasteiger partial charge in [-0.2, -0.15) is 4.31 Å². The highest BCUT2D eigenvalue weighted by Crippen LogP contribution is 2.31. The number of halogens is 1. The normalized spacial score (nSPS) is 21.1. The summed E-state index contributed by atoms with van der Waals surface area (Å²) < 4.78 is 57.2. The largest absolute Gasteiger partial charge is 0.467 e. The molecule has 172 valence electrons. The van der Waals surface area contributed by atoms with Crippen LogP contribution in [0, 0.1) is 19.7 Å². The van der Waals surface area contributed by atoms with Crippen molar-refractivity contribution in [3.63, 3.8) is 0 Å². The van der Waals surface area contributed by atoms with E-state index in [1.54, 1.807) is 13.0 Å². The first kappa shape index (κ1) is 22.7. The van der Waals surface area contributed by atoms with E-state index in [1.165, 1.54) is 24.3 Å². The van der Waals surface area contributed by atoms with Crippen LogP contribution in [-0.4, -0.2) is 49.3 Å². The first-order valence-electron chi connectivity index (χ1n) is 10.1. The van der Waals surface area contributed by atoms with E-state index in [1.807, 2.05) is 6.92 Å². The SMILES string of the molecule is Cc1ccc(S(=O)(=O)N2CC(O)C[C@H]2C(=O)OCc2cc(F)cc3c2OCOC3)cc1C. The van der Waals surface area contributed by atoms with Gasteiger partial charge in [0, 0.05) is 24.1 Å². The minimum absolute atomic E-state index is 0.00359. The molecule has 2 aromatic carbocycles. The third-order valence-corrected chi connectivity index (χ3v) is 7.58. The minimum Gasteiger partial charge on any atom is -0.467 e. The molecule has 1 saturated heterocycles. The minimum atomic E-state index is -4.04. The van der Waals surface area contributed by atoms with E-state index in [2.05, 4.69) is 0 Å². The Labute approximate surface area is 185 Å². The molecular formula is C22H24FNO7S. The predicted molar refractivity (Wildman–Crippen MR) is 111 cm³/mol. The standard InChI is InChI=1S/C22H24FNO7S/c1-13-3-4-19(5-14(13)2)32(27,28)24-9-18(25)8-20(24)22(26)30-11-16-7-17(23)6-15-10-29-12-31-21(15)16/h3-7,18,20,25H,8-12H2,1-2H3/t18?,20-/m0/s1. The highest BCUT2D eigenvalue weighted by molar-refractivity contribution is 7.89. The molecule has 0 saturated carbocycles. The second kappa shape index (κ2) is 8.78. The average molecular weight is 465 g/mol. The van der Waals surface area contributed by atoms with Gasteiger partial charge in [0.05, 0.1) is 17.6 Å². The number of benzene rings is 2. The molecule has 8 nitrogen and oxygen atoms in total. The quantitative estimate of drug-likeness (QED) is 0.675. The Morgan fingerprint density at radius 3 is 2.78 bits per heavy atom. The summed E-state index contributed by atoms with van der Waals surface area (Å²) in [6, 6.07) is 6.00. The molecule has 10 heteroatoms. The van der Waals surface area contributed by atoms with E-state index in [9.17, 15) is 22.7 Å². The van der Waals surface area contributed by atoms with Gasteiger partial charge in [-0.15, -0.1) is 0 Å². The molecule has 2 aliphatic heterocycles. The molecule has 0 radical (unpaired) electrons. The van der Waals surface area contributed by atoms with Crippen LogP contribution in [0.2, 0.25) is 0 Å². The average Bonchev–Trinajstić information content (AvgIpc) is 3.16. The van der Waals surface area contributed by atoms with Crippen molar-refractivity contribution < 1.29 is 36.9 Å². The van der Waals surface area contributed by atoms with Gasteiger partial charge in [0.2, 0.25) is 10.0 Å². The zero-order valence-corrected chi connectivity index (χ0v) is 18.5. The van der Waals surface area contributed by atoms with Crippen molar-refractivity contribution >= 4 is 16.0 Å². The molecule has 0 spiro atoms. The number of aryl methyl sites for hydroxylation is 2. The number of aliphatic hydroxyl groups is 1. The Bertz CT molecular complexity index is 1150. The summed E-state index contributed by atoms with van der Waals surface area (Å²) in [5.41, 5.74) is 2.55. The third kappa shape index (κ3) is 4.36. The smallest absolute Gasteiger partial charge is 0.324 e. The highest BCUT2D eigenvalue weighted by atomic mass is 32.2. The number of β-amino-alcohol motifs (C(OH)–C–C–N with tert-alkyl or cyclic N) is 1. The summed E-state index contributed by atoms with van der Waals surface area (Å²) in [5, 5.41) is 10.1. The third-order valence-electron chi connectivity index (χ3n) is 5.71. The van der Waals surface area contributed by atoms with Crippen molar-refractivity contribution in [3.05, 3.63) is 58.4 Å².